The van der Waals surface area contributed by atoms with E-state index in [4.69, 9.17) is 11.6 Å². The maximum absolute atomic E-state index is 15.1. The van der Waals surface area contributed by atoms with Gasteiger partial charge in [-0.15, -0.1) is 11.3 Å². The Bertz CT molecular complexity index is 1640. The molecule has 12 heteroatoms. The second-order valence-electron chi connectivity index (χ2n) is 9.14. The SMILES string of the molecule is Cc1nc(-c2c[nH]c3c(F)cc(F)cc23)nc(N[C@H]2CCC[C@@H](Nc3nc(Cl)nc4sccc34)C2)c1F. The zero-order chi connectivity index (χ0) is 25.7. The van der Waals surface area contributed by atoms with Crippen molar-refractivity contribution in [1.82, 2.24) is 24.9 Å². The lowest BCUT2D eigenvalue weighted by molar-refractivity contribution is 0.425. The van der Waals surface area contributed by atoms with Gasteiger partial charge in [-0.3, -0.25) is 0 Å². The molecule has 7 nitrogen and oxygen atoms in total. The third-order valence-electron chi connectivity index (χ3n) is 6.62. The van der Waals surface area contributed by atoms with Crippen LogP contribution in [0.1, 0.15) is 31.4 Å². The van der Waals surface area contributed by atoms with E-state index in [0.717, 1.165) is 35.5 Å². The molecule has 1 fully saturated rings. The molecule has 5 aromatic rings. The van der Waals surface area contributed by atoms with E-state index in [2.05, 4.69) is 35.6 Å². The third kappa shape index (κ3) is 4.57. The number of halogens is 4. The molecule has 3 N–H and O–H groups in total. The molecule has 4 aromatic heterocycles. The lowest BCUT2D eigenvalue weighted by Crippen LogP contribution is -2.35. The maximum atomic E-state index is 15.1. The van der Waals surface area contributed by atoms with E-state index in [1.165, 1.54) is 30.5 Å². The minimum atomic E-state index is -0.719. The van der Waals surface area contributed by atoms with Crippen molar-refractivity contribution in [2.75, 3.05) is 10.6 Å². The Labute approximate surface area is 218 Å². The van der Waals surface area contributed by atoms with Crippen LogP contribution in [0.3, 0.4) is 0 Å². The number of aromatic amines is 1. The van der Waals surface area contributed by atoms with Crippen LogP contribution in [-0.4, -0.2) is 37.0 Å². The molecule has 0 bridgehead atoms. The number of thiophene rings is 1. The third-order valence-corrected chi connectivity index (χ3v) is 7.59. The van der Waals surface area contributed by atoms with Crippen LogP contribution in [0, 0.1) is 24.4 Å². The fraction of sp³-hybridized carbons (Fsp3) is 0.280. The number of hydrogen-bond acceptors (Lipinski definition) is 7. The minimum Gasteiger partial charge on any atom is -0.367 e. The smallest absolute Gasteiger partial charge is 0.225 e. The summed E-state index contributed by atoms with van der Waals surface area (Å²) >= 11 is 7.61. The van der Waals surface area contributed by atoms with Crippen molar-refractivity contribution in [3.05, 3.63) is 58.2 Å². The molecule has 1 aliphatic rings. The molecule has 0 saturated heterocycles. The molecule has 0 spiro atoms. The monoisotopic (exact) mass is 543 g/mol. The largest absolute Gasteiger partial charge is 0.367 e. The summed E-state index contributed by atoms with van der Waals surface area (Å²) in [6.45, 7) is 1.54. The van der Waals surface area contributed by atoms with Crippen molar-refractivity contribution in [3.8, 4) is 11.4 Å². The van der Waals surface area contributed by atoms with Crippen molar-refractivity contribution >= 4 is 55.7 Å². The van der Waals surface area contributed by atoms with Crippen molar-refractivity contribution in [2.45, 2.75) is 44.7 Å². The Balaban J connectivity index is 1.26. The second-order valence-corrected chi connectivity index (χ2v) is 10.4. The standard InChI is InChI=1S/C25H21ClF3N7S/c1-11-19(29)23(34-22(31-11)17-10-30-20-16(17)7-12(27)8-18(20)28)33-14-4-2-3-13(9-14)32-21-15-5-6-37-24(15)36-25(26)35-21/h5-8,10,13-14,30H,2-4,9H2,1H3,(H,31,33,34)(H,32,35,36)/t13-,14+/m1/s1. The van der Waals surface area contributed by atoms with Crippen molar-refractivity contribution in [3.63, 3.8) is 0 Å². The summed E-state index contributed by atoms with van der Waals surface area (Å²) in [6, 6.07) is 4.00. The first kappa shape index (κ1) is 23.9. The van der Waals surface area contributed by atoms with Crippen LogP contribution in [0.5, 0.6) is 0 Å². The number of anilines is 2. The highest BCUT2D eigenvalue weighted by Gasteiger charge is 2.26. The van der Waals surface area contributed by atoms with E-state index in [-0.39, 0.29) is 40.2 Å². The normalized spacial score (nSPS) is 18.0. The van der Waals surface area contributed by atoms with Crippen molar-refractivity contribution in [2.24, 2.45) is 0 Å². The van der Waals surface area contributed by atoms with Gasteiger partial charge in [0.25, 0.3) is 0 Å². The van der Waals surface area contributed by atoms with E-state index < -0.39 is 17.5 Å². The molecule has 37 heavy (non-hydrogen) atoms. The molecule has 1 saturated carbocycles. The molecule has 0 radical (unpaired) electrons. The van der Waals surface area contributed by atoms with Crippen LogP contribution in [0.2, 0.25) is 5.28 Å². The summed E-state index contributed by atoms with van der Waals surface area (Å²) in [5.74, 6) is -1.06. The van der Waals surface area contributed by atoms with Gasteiger partial charge in [-0.25, -0.2) is 33.1 Å². The number of fused-ring (bicyclic) bond motifs is 2. The Morgan fingerprint density at radius 1 is 1.00 bits per heavy atom. The first-order valence-corrected chi connectivity index (χ1v) is 13.1. The molecule has 0 amide bonds. The van der Waals surface area contributed by atoms with E-state index in [0.29, 0.717) is 23.2 Å². The number of aryl methyl sites for hydroxylation is 1. The van der Waals surface area contributed by atoms with E-state index in [1.807, 2.05) is 11.4 Å². The van der Waals surface area contributed by atoms with Gasteiger partial charge >= 0.3 is 0 Å². The van der Waals surface area contributed by atoms with Gasteiger partial charge in [0.15, 0.2) is 17.5 Å². The molecular formula is C25H21ClF3N7S. The first-order chi connectivity index (χ1) is 17.9. The molecule has 1 aromatic carbocycles. The first-order valence-electron chi connectivity index (χ1n) is 11.8. The Kier molecular flexibility index (Phi) is 6.12. The van der Waals surface area contributed by atoms with E-state index in [1.54, 1.807) is 0 Å². The zero-order valence-electron chi connectivity index (χ0n) is 19.6. The van der Waals surface area contributed by atoms with E-state index >= 15 is 4.39 Å². The number of benzene rings is 1. The fourth-order valence-corrected chi connectivity index (χ4v) is 5.88. The van der Waals surface area contributed by atoms with Crippen LogP contribution in [0.25, 0.3) is 32.5 Å². The van der Waals surface area contributed by atoms with Crippen LogP contribution in [-0.2, 0) is 0 Å². The molecule has 4 heterocycles. The van der Waals surface area contributed by atoms with Gasteiger partial charge in [-0.1, -0.05) is 0 Å². The van der Waals surface area contributed by atoms with Crippen molar-refractivity contribution < 1.29 is 13.2 Å². The number of hydrogen-bond donors (Lipinski definition) is 3. The summed E-state index contributed by atoms with van der Waals surface area (Å²) in [5, 5.41) is 10.1. The van der Waals surface area contributed by atoms with Crippen LogP contribution < -0.4 is 10.6 Å². The number of rotatable bonds is 5. The predicted molar refractivity (Wildman–Crippen MR) is 140 cm³/mol. The lowest BCUT2D eigenvalue weighted by atomic mass is 9.91. The maximum Gasteiger partial charge on any atom is 0.225 e. The minimum absolute atomic E-state index is 0.0592. The van der Waals surface area contributed by atoms with Gasteiger partial charge in [0, 0.05) is 35.3 Å². The summed E-state index contributed by atoms with van der Waals surface area (Å²) in [5.41, 5.74) is 0.671. The molecule has 1 aliphatic carbocycles. The zero-order valence-corrected chi connectivity index (χ0v) is 21.2. The van der Waals surface area contributed by atoms with Gasteiger partial charge in [0.05, 0.1) is 16.6 Å². The average molecular weight is 544 g/mol. The number of H-pyrrole nitrogens is 1. The van der Waals surface area contributed by atoms with Gasteiger partial charge in [0.2, 0.25) is 5.28 Å². The molecule has 0 unspecified atom stereocenters. The summed E-state index contributed by atoms with van der Waals surface area (Å²) in [7, 11) is 0. The van der Waals surface area contributed by atoms with E-state index in [9.17, 15) is 8.78 Å². The van der Waals surface area contributed by atoms with Gasteiger partial charge < -0.3 is 15.6 Å². The number of nitrogens with zero attached hydrogens (tertiary/aromatic N) is 4. The molecular weight excluding hydrogens is 523 g/mol. The average Bonchev–Trinajstić information content (AvgIpc) is 3.49. The van der Waals surface area contributed by atoms with Gasteiger partial charge in [-0.05, 0) is 61.7 Å². The van der Waals surface area contributed by atoms with Crippen LogP contribution >= 0.6 is 22.9 Å². The Hall–Kier alpha value is -3.44. The summed E-state index contributed by atoms with van der Waals surface area (Å²) in [6.07, 6.45) is 4.88. The highest BCUT2D eigenvalue weighted by atomic mass is 35.5. The summed E-state index contributed by atoms with van der Waals surface area (Å²) < 4.78 is 43.2. The number of aromatic nitrogens is 5. The topological polar surface area (TPSA) is 91.4 Å². The predicted octanol–water partition coefficient (Wildman–Crippen LogP) is 6.84. The molecule has 190 valence electrons. The van der Waals surface area contributed by atoms with Crippen LogP contribution in [0.15, 0.2) is 29.8 Å². The van der Waals surface area contributed by atoms with Crippen molar-refractivity contribution in [1.29, 1.82) is 0 Å². The van der Waals surface area contributed by atoms with Crippen LogP contribution in [0.4, 0.5) is 24.8 Å². The Morgan fingerprint density at radius 2 is 1.78 bits per heavy atom. The fourth-order valence-electron chi connectivity index (χ4n) is 4.89. The lowest BCUT2D eigenvalue weighted by Gasteiger charge is -2.31. The van der Waals surface area contributed by atoms with Gasteiger partial charge in [0.1, 0.15) is 22.3 Å². The molecule has 6 rings (SSSR count). The van der Waals surface area contributed by atoms with Gasteiger partial charge in [-0.2, -0.15) is 0 Å². The Morgan fingerprint density at radius 3 is 2.59 bits per heavy atom. The molecule has 0 aliphatic heterocycles. The summed E-state index contributed by atoms with van der Waals surface area (Å²) in [4.78, 5) is 20.9. The second kappa shape index (κ2) is 9.46. The molecule has 2 atom stereocenters. The number of nitrogens with one attached hydrogen (secondary N) is 3. The quantitative estimate of drug-likeness (QED) is 0.210. The highest BCUT2D eigenvalue weighted by molar-refractivity contribution is 7.16. The highest BCUT2D eigenvalue weighted by Crippen LogP contribution is 2.33.